The average molecular weight is 387 g/mol. The lowest BCUT2D eigenvalue weighted by molar-refractivity contribution is -0.118. The number of aromatic nitrogens is 1. The predicted molar refractivity (Wildman–Crippen MR) is 103 cm³/mol. The molecule has 1 amide bonds. The summed E-state index contributed by atoms with van der Waals surface area (Å²) in [5.41, 5.74) is 1.25. The molecule has 0 aliphatic carbocycles. The van der Waals surface area contributed by atoms with E-state index in [1.54, 1.807) is 24.4 Å². The van der Waals surface area contributed by atoms with Crippen LogP contribution in [0.25, 0.3) is 10.9 Å². The molecule has 0 saturated carbocycles. The molecule has 0 saturated heterocycles. The molecule has 3 rings (SSSR count). The van der Waals surface area contributed by atoms with Gasteiger partial charge in [-0.3, -0.25) is 14.5 Å². The van der Waals surface area contributed by atoms with E-state index < -0.39 is 33.4 Å². The highest BCUT2D eigenvalue weighted by molar-refractivity contribution is 7.92. The van der Waals surface area contributed by atoms with Crippen molar-refractivity contribution < 1.29 is 17.6 Å². The summed E-state index contributed by atoms with van der Waals surface area (Å²) in [6.45, 7) is 1.51. The highest BCUT2D eigenvalue weighted by Crippen LogP contribution is 2.21. The van der Waals surface area contributed by atoms with Crippen molar-refractivity contribution in [3.05, 3.63) is 66.6 Å². The van der Waals surface area contributed by atoms with Crippen LogP contribution in [-0.2, 0) is 14.8 Å². The Kier molecular flexibility index (Phi) is 5.36. The summed E-state index contributed by atoms with van der Waals surface area (Å²) in [7, 11) is -3.82. The van der Waals surface area contributed by atoms with Crippen molar-refractivity contribution in [2.45, 2.75) is 6.92 Å². The van der Waals surface area contributed by atoms with Gasteiger partial charge in [-0.15, -0.1) is 0 Å². The molecule has 2 aromatic carbocycles. The molecule has 1 aromatic heterocycles. The maximum absolute atomic E-state index is 13.2. The van der Waals surface area contributed by atoms with E-state index in [-0.39, 0.29) is 5.69 Å². The summed E-state index contributed by atoms with van der Waals surface area (Å²) in [6, 6.07) is 14.1. The van der Waals surface area contributed by atoms with Crippen LogP contribution >= 0.6 is 0 Å². The van der Waals surface area contributed by atoms with Gasteiger partial charge in [0, 0.05) is 11.6 Å². The molecule has 6 nitrogen and oxygen atoms in total. The number of anilines is 2. The van der Waals surface area contributed by atoms with E-state index in [2.05, 4.69) is 15.0 Å². The number of nitrogens with one attached hydrogen (secondary N) is 2. The van der Waals surface area contributed by atoms with Crippen molar-refractivity contribution in [3.63, 3.8) is 0 Å². The second-order valence-corrected chi connectivity index (χ2v) is 7.93. The van der Waals surface area contributed by atoms with E-state index in [1.165, 1.54) is 25.1 Å². The molecule has 0 spiro atoms. The molecule has 2 N–H and O–H groups in total. The van der Waals surface area contributed by atoms with Crippen LogP contribution in [0, 0.1) is 11.7 Å². The van der Waals surface area contributed by atoms with Gasteiger partial charge in [0.2, 0.25) is 15.9 Å². The second-order valence-electron chi connectivity index (χ2n) is 6.16. The number of nitrogens with zero attached hydrogens (tertiary/aromatic N) is 1. The van der Waals surface area contributed by atoms with Crippen LogP contribution in [0.3, 0.4) is 0 Å². The molecule has 1 heterocycles. The highest BCUT2D eigenvalue weighted by atomic mass is 32.2. The number of pyridine rings is 1. The Hall–Kier alpha value is -3.00. The van der Waals surface area contributed by atoms with Crippen molar-refractivity contribution in [1.82, 2.24) is 4.98 Å². The zero-order chi connectivity index (χ0) is 19.4. The number of hydrogen-bond acceptors (Lipinski definition) is 4. The first-order valence-corrected chi connectivity index (χ1v) is 9.90. The smallest absolute Gasteiger partial charge is 0.233 e. The Morgan fingerprint density at radius 3 is 2.67 bits per heavy atom. The van der Waals surface area contributed by atoms with E-state index in [1.807, 2.05) is 12.1 Å². The van der Waals surface area contributed by atoms with Gasteiger partial charge in [-0.2, -0.15) is 0 Å². The third-order valence-electron chi connectivity index (χ3n) is 3.91. The zero-order valence-electron chi connectivity index (χ0n) is 14.5. The number of halogens is 1. The second kappa shape index (κ2) is 7.71. The molecule has 0 fully saturated rings. The quantitative estimate of drug-likeness (QED) is 0.679. The van der Waals surface area contributed by atoms with Gasteiger partial charge in [0.25, 0.3) is 0 Å². The van der Waals surface area contributed by atoms with Gasteiger partial charge < -0.3 is 5.32 Å². The van der Waals surface area contributed by atoms with Crippen molar-refractivity contribution in [3.8, 4) is 0 Å². The van der Waals surface area contributed by atoms with Crippen LogP contribution in [0.4, 0.5) is 15.8 Å². The van der Waals surface area contributed by atoms with Crippen molar-refractivity contribution in [1.29, 1.82) is 0 Å². The van der Waals surface area contributed by atoms with E-state index in [4.69, 9.17) is 0 Å². The van der Waals surface area contributed by atoms with Crippen LogP contribution in [-0.4, -0.2) is 25.1 Å². The summed E-state index contributed by atoms with van der Waals surface area (Å²) >= 11 is 0. The SMILES string of the molecule is CC(CS(=O)(=O)Nc1cccc(F)c1)C(=O)Nc1cccc2cccnc12. The monoisotopic (exact) mass is 387 g/mol. The normalized spacial score (nSPS) is 12.5. The number of para-hydroxylation sites is 1. The standard InChI is InChI=1S/C19H18FN3O3S/c1-13(12-27(25,26)23-16-8-3-7-15(20)11-16)19(24)22-17-9-2-5-14-6-4-10-21-18(14)17/h2-11,13,23H,12H2,1H3,(H,22,24). The number of rotatable bonds is 6. The topological polar surface area (TPSA) is 88.2 Å². The number of carbonyl (C=O) groups excluding carboxylic acids is 1. The third-order valence-corrected chi connectivity index (χ3v) is 5.39. The molecule has 0 bridgehead atoms. The minimum absolute atomic E-state index is 0.112. The molecule has 8 heteroatoms. The lowest BCUT2D eigenvalue weighted by Crippen LogP contribution is -2.30. The minimum atomic E-state index is -3.82. The molecule has 0 aliphatic heterocycles. The predicted octanol–water partition coefficient (Wildman–Crippen LogP) is 3.39. The number of hydrogen-bond donors (Lipinski definition) is 2. The Balaban J connectivity index is 1.69. The van der Waals surface area contributed by atoms with Gasteiger partial charge in [0.05, 0.1) is 28.6 Å². The van der Waals surface area contributed by atoms with Crippen LogP contribution in [0.5, 0.6) is 0 Å². The van der Waals surface area contributed by atoms with Gasteiger partial charge in [-0.1, -0.05) is 31.2 Å². The molecule has 0 radical (unpaired) electrons. The summed E-state index contributed by atoms with van der Waals surface area (Å²) in [5.74, 6) is -2.26. The fraction of sp³-hybridized carbons (Fsp3) is 0.158. The number of fused-ring (bicyclic) bond motifs is 1. The molecule has 27 heavy (non-hydrogen) atoms. The largest absolute Gasteiger partial charge is 0.324 e. The van der Waals surface area contributed by atoms with Gasteiger partial charge in [0.1, 0.15) is 5.82 Å². The van der Waals surface area contributed by atoms with Crippen molar-refractivity contribution in [2.24, 2.45) is 5.92 Å². The first-order chi connectivity index (χ1) is 12.8. The van der Waals surface area contributed by atoms with Crippen LogP contribution in [0.15, 0.2) is 60.8 Å². The van der Waals surface area contributed by atoms with Gasteiger partial charge in [-0.05, 0) is 30.3 Å². The molecule has 140 valence electrons. The van der Waals surface area contributed by atoms with Crippen molar-refractivity contribution >= 4 is 38.2 Å². The lowest BCUT2D eigenvalue weighted by Gasteiger charge is -2.14. The first-order valence-electron chi connectivity index (χ1n) is 8.25. The lowest BCUT2D eigenvalue weighted by atomic mass is 10.1. The van der Waals surface area contributed by atoms with Crippen LogP contribution < -0.4 is 10.0 Å². The number of carbonyl (C=O) groups is 1. The minimum Gasteiger partial charge on any atom is -0.324 e. The first kappa shape index (κ1) is 18.8. The zero-order valence-corrected chi connectivity index (χ0v) is 15.3. The summed E-state index contributed by atoms with van der Waals surface area (Å²) in [4.78, 5) is 16.7. The number of sulfonamides is 1. The molecular weight excluding hydrogens is 369 g/mol. The summed E-state index contributed by atoms with van der Waals surface area (Å²) in [6.07, 6.45) is 1.62. The number of benzene rings is 2. The fourth-order valence-electron chi connectivity index (χ4n) is 2.64. The Morgan fingerprint density at radius 1 is 1.15 bits per heavy atom. The van der Waals surface area contributed by atoms with Gasteiger partial charge in [-0.25, -0.2) is 12.8 Å². The van der Waals surface area contributed by atoms with Crippen molar-refractivity contribution in [2.75, 3.05) is 15.8 Å². The molecular formula is C19H18FN3O3S. The summed E-state index contributed by atoms with van der Waals surface area (Å²) in [5, 5.41) is 3.59. The van der Waals surface area contributed by atoms with Gasteiger partial charge >= 0.3 is 0 Å². The fourth-order valence-corrected chi connectivity index (χ4v) is 4.02. The van der Waals surface area contributed by atoms with E-state index >= 15 is 0 Å². The molecule has 3 aromatic rings. The maximum atomic E-state index is 13.2. The van der Waals surface area contributed by atoms with Crippen LogP contribution in [0.1, 0.15) is 6.92 Å². The van der Waals surface area contributed by atoms with Gasteiger partial charge in [0.15, 0.2) is 0 Å². The maximum Gasteiger partial charge on any atom is 0.233 e. The Labute approximate surface area is 156 Å². The molecule has 1 unspecified atom stereocenters. The Bertz CT molecular complexity index is 1080. The molecule has 1 atom stereocenters. The third kappa shape index (κ3) is 4.79. The highest BCUT2D eigenvalue weighted by Gasteiger charge is 2.22. The number of amides is 1. The van der Waals surface area contributed by atoms with Crippen LogP contribution in [0.2, 0.25) is 0 Å². The summed E-state index contributed by atoms with van der Waals surface area (Å²) < 4.78 is 40.0. The average Bonchev–Trinajstić information content (AvgIpc) is 2.61. The van der Waals surface area contributed by atoms with E-state index in [0.29, 0.717) is 11.2 Å². The van der Waals surface area contributed by atoms with E-state index in [9.17, 15) is 17.6 Å². The van der Waals surface area contributed by atoms with E-state index in [0.717, 1.165) is 11.5 Å². The molecule has 0 aliphatic rings. The Morgan fingerprint density at radius 2 is 1.89 bits per heavy atom.